The van der Waals surface area contributed by atoms with E-state index in [1.165, 1.54) is 5.56 Å². The molecule has 2 N–H and O–H groups in total. The summed E-state index contributed by atoms with van der Waals surface area (Å²) in [7, 11) is 0. The highest BCUT2D eigenvalue weighted by atomic mass is 16.5. The van der Waals surface area contributed by atoms with E-state index in [1.807, 2.05) is 49.4 Å². The Morgan fingerprint density at radius 1 is 1.05 bits per heavy atom. The lowest BCUT2D eigenvalue weighted by Crippen LogP contribution is -2.37. The van der Waals surface area contributed by atoms with Crippen LogP contribution in [0.4, 0.5) is 4.79 Å². The number of hydrogen-bond acceptors (Lipinski definition) is 2. The van der Waals surface area contributed by atoms with Crippen molar-refractivity contribution in [2.75, 3.05) is 13.2 Å². The van der Waals surface area contributed by atoms with Crippen LogP contribution in [-0.4, -0.2) is 19.2 Å². The van der Waals surface area contributed by atoms with Gasteiger partial charge in [0.2, 0.25) is 0 Å². The third-order valence-corrected chi connectivity index (χ3v) is 3.27. The Morgan fingerprint density at radius 3 is 2.55 bits per heavy atom. The zero-order chi connectivity index (χ0) is 15.8. The molecule has 0 aliphatic heterocycles. The average molecular weight is 298 g/mol. The van der Waals surface area contributed by atoms with Crippen LogP contribution in [0, 0.1) is 13.8 Å². The zero-order valence-corrected chi connectivity index (χ0v) is 13.1. The Labute approximate surface area is 131 Å². The molecule has 0 aliphatic rings. The largest absolute Gasteiger partial charge is 0.491 e. The predicted molar refractivity (Wildman–Crippen MR) is 88.1 cm³/mol. The third kappa shape index (κ3) is 5.13. The minimum absolute atomic E-state index is 0.187. The van der Waals surface area contributed by atoms with Crippen molar-refractivity contribution in [3.05, 3.63) is 65.2 Å². The molecule has 0 saturated carbocycles. The monoisotopic (exact) mass is 298 g/mol. The minimum atomic E-state index is -0.187. The van der Waals surface area contributed by atoms with Gasteiger partial charge in [0.15, 0.2) is 0 Å². The molecule has 0 aromatic heterocycles. The Hall–Kier alpha value is -2.49. The first-order chi connectivity index (χ1) is 10.6. The second-order valence-corrected chi connectivity index (χ2v) is 5.21. The lowest BCUT2D eigenvalue weighted by Gasteiger charge is -2.11. The van der Waals surface area contributed by atoms with E-state index >= 15 is 0 Å². The van der Waals surface area contributed by atoms with Gasteiger partial charge in [0, 0.05) is 6.54 Å². The van der Waals surface area contributed by atoms with Gasteiger partial charge in [-0.05, 0) is 31.0 Å². The van der Waals surface area contributed by atoms with Crippen LogP contribution in [0.2, 0.25) is 0 Å². The molecule has 2 amide bonds. The first kappa shape index (κ1) is 15.9. The van der Waals surface area contributed by atoms with E-state index in [9.17, 15) is 4.79 Å². The van der Waals surface area contributed by atoms with Gasteiger partial charge in [0.1, 0.15) is 12.4 Å². The van der Waals surface area contributed by atoms with Crippen molar-refractivity contribution < 1.29 is 9.53 Å². The fraction of sp³-hybridized carbons (Fsp3) is 0.278. The number of amides is 2. The van der Waals surface area contributed by atoms with Crippen LogP contribution in [0.15, 0.2) is 48.5 Å². The maximum absolute atomic E-state index is 11.7. The molecule has 0 unspecified atom stereocenters. The summed E-state index contributed by atoms with van der Waals surface area (Å²) < 4.78 is 5.66. The molecule has 0 heterocycles. The molecule has 116 valence electrons. The maximum Gasteiger partial charge on any atom is 0.315 e. The van der Waals surface area contributed by atoms with E-state index in [4.69, 9.17) is 4.74 Å². The van der Waals surface area contributed by atoms with Gasteiger partial charge in [-0.3, -0.25) is 0 Å². The van der Waals surface area contributed by atoms with Crippen molar-refractivity contribution in [1.29, 1.82) is 0 Å². The summed E-state index contributed by atoms with van der Waals surface area (Å²) in [5.41, 5.74) is 3.39. The number of urea groups is 1. The second kappa shape index (κ2) is 8.08. The average Bonchev–Trinajstić information content (AvgIpc) is 2.52. The summed E-state index contributed by atoms with van der Waals surface area (Å²) in [6, 6.07) is 15.7. The summed E-state index contributed by atoms with van der Waals surface area (Å²) in [6.07, 6.45) is 0. The first-order valence-electron chi connectivity index (χ1n) is 7.41. The van der Waals surface area contributed by atoms with Crippen LogP contribution in [0.5, 0.6) is 5.75 Å². The molecule has 4 nitrogen and oxygen atoms in total. The Kier molecular flexibility index (Phi) is 5.83. The molecule has 0 atom stereocenters. The maximum atomic E-state index is 11.7. The quantitative estimate of drug-likeness (QED) is 0.805. The van der Waals surface area contributed by atoms with Crippen LogP contribution in [0.1, 0.15) is 16.7 Å². The van der Waals surface area contributed by atoms with E-state index in [-0.39, 0.29) is 6.03 Å². The number of nitrogens with one attached hydrogen (secondary N) is 2. The van der Waals surface area contributed by atoms with Gasteiger partial charge in [-0.15, -0.1) is 0 Å². The van der Waals surface area contributed by atoms with Gasteiger partial charge in [0.25, 0.3) is 0 Å². The fourth-order valence-electron chi connectivity index (χ4n) is 2.13. The van der Waals surface area contributed by atoms with Crippen LogP contribution in [0.25, 0.3) is 0 Å². The summed E-state index contributed by atoms with van der Waals surface area (Å²) >= 11 is 0. The summed E-state index contributed by atoms with van der Waals surface area (Å²) in [4.78, 5) is 11.7. The normalized spacial score (nSPS) is 10.1. The SMILES string of the molecule is Cc1ccc(OCCNC(=O)NCc2ccccc2)c(C)c1. The Morgan fingerprint density at radius 2 is 1.82 bits per heavy atom. The highest BCUT2D eigenvalue weighted by Crippen LogP contribution is 2.18. The van der Waals surface area contributed by atoms with Crippen LogP contribution < -0.4 is 15.4 Å². The molecule has 2 aromatic carbocycles. The highest BCUT2D eigenvalue weighted by molar-refractivity contribution is 5.73. The lowest BCUT2D eigenvalue weighted by molar-refractivity contribution is 0.236. The van der Waals surface area contributed by atoms with Gasteiger partial charge >= 0.3 is 6.03 Å². The molecule has 0 bridgehead atoms. The Bertz CT molecular complexity index is 612. The van der Waals surface area contributed by atoms with Crippen molar-refractivity contribution in [2.45, 2.75) is 20.4 Å². The van der Waals surface area contributed by atoms with E-state index in [0.717, 1.165) is 16.9 Å². The van der Waals surface area contributed by atoms with Crippen molar-refractivity contribution in [3.8, 4) is 5.75 Å². The Balaban J connectivity index is 1.65. The topological polar surface area (TPSA) is 50.4 Å². The van der Waals surface area contributed by atoms with Gasteiger partial charge in [0.05, 0.1) is 6.54 Å². The van der Waals surface area contributed by atoms with E-state index in [2.05, 4.69) is 23.6 Å². The number of hydrogen-bond donors (Lipinski definition) is 2. The smallest absolute Gasteiger partial charge is 0.315 e. The number of carbonyl (C=O) groups excluding carboxylic acids is 1. The molecule has 22 heavy (non-hydrogen) atoms. The number of ether oxygens (including phenoxy) is 1. The van der Waals surface area contributed by atoms with Crippen molar-refractivity contribution >= 4 is 6.03 Å². The molecule has 0 fully saturated rings. The van der Waals surface area contributed by atoms with Crippen molar-refractivity contribution in [2.24, 2.45) is 0 Å². The molecule has 0 aliphatic carbocycles. The molecule has 2 rings (SSSR count). The predicted octanol–water partition coefficient (Wildman–Crippen LogP) is 3.18. The third-order valence-electron chi connectivity index (χ3n) is 3.27. The van der Waals surface area contributed by atoms with Crippen molar-refractivity contribution in [1.82, 2.24) is 10.6 Å². The molecule has 4 heteroatoms. The highest BCUT2D eigenvalue weighted by Gasteiger charge is 2.02. The molecular weight excluding hydrogens is 276 g/mol. The number of carbonyl (C=O) groups is 1. The van der Waals surface area contributed by atoms with E-state index < -0.39 is 0 Å². The minimum Gasteiger partial charge on any atom is -0.491 e. The van der Waals surface area contributed by atoms with Gasteiger partial charge in [-0.25, -0.2) is 4.79 Å². The van der Waals surface area contributed by atoms with Crippen LogP contribution in [-0.2, 0) is 6.54 Å². The van der Waals surface area contributed by atoms with Gasteiger partial charge in [-0.2, -0.15) is 0 Å². The fourth-order valence-corrected chi connectivity index (χ4v) is 2.13. The number of rotatable bonds is 6. The molecule has 0 radical (unpaired) electrons. The first-order valence-corrected chi connectivity index (χ1v) is 7.41. The summed E-state index contributed by atoms with van der Waals surface area (Å²) in [5.74, 6) is 0.858. The van der Waals surface area contributed by atoms with E-state index in [0.29, 0.717) is 19.7 Å². The van der Waals surface area contributed by atoms with Gasteiger partial charge < -0.3 is 15.4 Å². The van der Waals surface area contributed by atoms with Crippen molar-refractivity contribution in [3.63, 3.8) is 0 Å². The second-order valence-electron chi connectivity index (χ2n) is 5.21. The standard InChI is InChI=1S/C18H22N2O2/c1-14-8-9-17(15(2)12-14)22-11-10-19-18(21)20-13-16-6-4-3-5-7-16/h3-9,12H,10-11,13H2,1-2H3,(H2,19,20,21). The molecule has 2 aromatic rings. The number of aryl methyl sites for hydroxylation is 2. The lowest BCUT2D eigenvalue weighted by atomic mass is 10.1. The molecule has 0 spiro atoms. The van der Waals surface area contributed by atoms with Crippen LogP contribution >= 0.6 is 0 Å². The van der Waals surface area contributed by atoms with Gasteiger partial charge in [-0.1, -0.05) is 48.0 Å². The summed E-state index contributed by atoms with van der Waals surface area (Å²) in [6.45, 7) is 5.50. The molecule has 0 saturated heterocycles. The number of benzene rings is 2. The zero-order valence-electron chi connectivity index (χ0n) is 13.1. The summed E-state index contributed by atoms with van der Waals surface area (Å²) in [5, 5.41) is 5.59. The van der Waals surface area contributed by atoms with Crippen LogP contribution in [0.3, 0.4) is 0 Å². The molecular formula is C18H22N2O2. The van der Waals surface area contributed by atoms with E-state index in [1.54, 1.807) is 0 Å².